The predicted molar refractivity (Wildman–Crippen MR) is 91.8 cm³/mol. The molecule has 0 aliphatic carbocycles. The Balaban J connectivity index is 1.62. The van der Waals surface area contributed by atoms with Gasteiger partial charge in [0.15, 0.2) is 5.82 Å². The third kappa shape index (κ3) is 4.43. The molecule has 1 aliphatic rings. The summed E-state index contributed by atoms with van der Waals surface area (Å²) in [5, 5.41) is 6.83. The second kappa shape index (κ2) is 7.76. The molecule has 1 N–H and O–H groups in total. The first-order chi connectivity index (χ1) is 12.0. The number of benzene rings is 1. The molecule has 0 bridgehead atoms. The van der Waals surface area contributed by atoms with Gasteiger partial charge in [-0.15, -0.1) is 0 Å². The molecular formula is C18H24N4O3. The highest BCUT2D eigenvalue weighted by Gasteiger charge is 2.35. The number of amides is 1. The average molecular weight is 344 g/mol. The van der Waals surface area contributed by atoms with Crippen molar-refractivity contribution in [2.24, 2.45) is 0 Å². The summed E-state index contributed by atoms with van der Waals surface area (Å²) >= 11 is 0. The smallest absolute Gasteiger partial charge is 0.246 e. The Bertz CT molecular complexity index is 731. The van der Waals surface area contributed by atoms with Gasteiger partial charge in [0.1, 0.15) is 6.04 Å². The summed E-state index contributed by atoms with van der Waals surface area (Å²) in [4.78, 5) is 18.7. The summed E-state index contributed by atoms with van der Waals surface area (Å²) in [5.41, 5.74) is 2.27. The van der Waals surface area contributed by atoms with Crippen LogP contribution in [-0.2, 0) is 16.1 Å². The molecule has 1 aromatic carbocycles. The van der Waals surface area contributed by atoms with Gasteiger partial charge in [0.2, 0.25) is 11.8 Å². The van der Waals surface area contributed by atoms with Crippen molar-refractivity contribution >= 4 is 5.91 Å². The molecule has 134 valence electrons. The van der Waals surface area contributed by atoms with Crippen molar-refractivity contribution in [3.05, 3.63) is 47.1 Å². The van der Waals surface area contributed by atoms with Gasteiger partial charge in [-0.2, -0.15) is 4.98 Å². The van der Waals surface area contributed by atoms with Crippen molar-refractivity contribution < 1.29 is 14.1 Å². The molecule has 2 heterocycles. The summed E-state index contributed by atoms with van der Waals surface area (Å²) in [6, 6.07) is 7.90. The highest BCUT2D eigenvalue weighted by molar-refractivity contribution is 5.78. The van der Waals surface area contributed by atoms with E-state index >= 15 is 0 Å². The number of hydrogen-bond acceptors (Lipinski definition) is 6. The number of morpholine rings is 1. The minimum absolute atomic E-state index is 0.0307. The van der Waals surface area contributed by atoms with Crippen LogP contribution in [0.4, 0.5) is 0 Å². The van der Waals surface area contributed by atoms with Gasteiger partial charge >= 0.3 is 0 Å². The molecule has 0 saturated carbocycles. The van der Waals surface area contributed by atoms with Crippen molar-refractivity contribution in [1.29, 1.82) is 0 Å². The van der Waals surface area contributed by atoms with Crippen LogP contribution in [0, 0.1) is 13.8 Å². The first kappa shape index (κ1) is 17.6. The number of aromatic nitrogens is 2. The number of nitrogens with zero attached hydrogens (tertiary/aromatic N) is 3. The van der Waals surface area contributed by atoms with Crippen molar-refractivity contribution in [1.82, 2.24) is 20.4 Å². The molecule has 0 radical (unpaired) electrons. The van der Waals surface area contributed by atoms with Crippen molar-refractivity contribution in [2.75, 3.05) is 19.7 Å². The Labute approximate surface area is 147 Å². The van der Waals surface area contributed by atoms with Gasteiger partial charge in [0.25, 0.3) is 0 Å². The molecule has 0 spiro atoms. The Morgan fingerprint density at radius 1 is 1.40 bits per heavy atom. The molecule has 25 heavy (non-hydrogen) atoms. The van der Waals surface area contributed by atoms with E-state index in [9.17, 15) is 4.79 Å². The fourth-order valence-electron chi connectivity index (χ4n) is 3.11. The van der Waals surface area contributed by atoms with Crippen molar-refractivity contribution in [3.8, 4) is 0 Å². The van der Waals surface area contributed by atoms with Gasteiger partial charge in [0.05, 0.1) is 19.3 Å². The van der Waals surface area contributed by atoms with E-state index in [0.717, 1.165) is 5.56 Å². The summed E-state index contributed by atoms with van der Waals surface area (Å²) < 4.78 is 11.0. The van der Waals surface area contributed by atoms with Crippen LogP contribution < -0.4 is 5.32 Å². The first-order valence-electron chi connectivity index (χ1n) is 8.51. The number of hydrogen-bond donors (Lipinski definition) is 1. The Hall–Kier alpha value is -2.25. The van der Waals surface area contributed by atoms with E-state index in [2.05, 4.69) is 21.5 Å². The molecule has 3 rings (SSSR count). The van der Waals surface area contributed by atoms with E-state index in [1.54, 1.807) is 6.92 Å². The number of aryl methyl sites for hydroxylation is 2. The van der Waals surface area contributed by atoms with Crippen LogP contribution in [0.3, 0.4) is 0 Å². The molecule has 7 nitrogen and oxygen atoms in total. The quantitative estimate of drug-likeness (QED) is 0.890. The summed E-state index contributed by atoms with van der Waals surface area (Å²) in [6.45, 7) is 7.79. The third-order valence-electron chi connectivity index (χ3n) is 4.31. The number of nitrogens with one attached hydrogen (secondary N) is 1. The molecule has 2 aromatic rings. The number of carbonyl (C=O) groups is 1. The van der Waals surface area contributed by atoms with E-state index in [1.165, 1.54) is 5.56 Å². The zero-order chi connectivity index (χ0) is 17.8. The molecule has 1 aliphatic heterocycles. The van der Waals surface area contributed by atoms with Crippen LogP contribution in [0.25, 0.3) is 0 Å². The summed E-state index contributed by atoms with van der Waals surface area (Å²) in [6.07, 6.45) is -0.113. The molecule has 0 unspecified atom stereocenters. The molecule has 1 saturated heterocycles. The normalized spacial score (nSPS) is 21.2. The van der Waals surface area contributed by atoms with Gasteiger partial charge in [-0.1, -0.05) is 35.0 Å². The van der Waals surface area contributed by atoms with Gasteiger partial charge in [-0.25, -0.2) is 0 Å². The molecule has 1 amide bonds. The van der Waals surface area contributed by atoms with Crippen molar-refractivity contribution in [3.63, 3.8) is 0 Å². The lowest BCUT2D eigenvalue weighted by Crippen LogP contribution is -2.48. The fraction of sp³-hybridized carbons (Fsp3) is 0.500. The fourth-order valence-corrected chi connectivity index (χ4v) is 3.11. The Morgan fingerprint density at radius 2 is 2.24 bits per heavy atom. The molecule has 2 atom stereocenters. The highest BCUT2D eigenvalue weighted by atomic mass is 16.5. The largest absolute Gasteiger partial charge is 0.375 e. The van der Waals surface area contributed by atoms with E-state index in [0.29, 0.717) is 31.4 Å². The minimum atomic E-state index is -0.209. The summed E-state index contributed by atoms with van der Waals surface area (Å²) in [5.74, 6) is 1.05. The van der Waals surface area contributed by atoms with E-state index in [-0.39, 0.29) is 24.6 Å². The van der Waals surface area contributed by atoms with Gasteiger partial charge < -0.3 is 14.6 Å². The van der Waals surface area contributed by atoms with E-state index in [1.807, 2.05) is 36.9 Å². The van der Waals surface area contributed by atoms with E-state index in [4.69, 9.17) is 9.26 Å². The highest BCUT2D eigenvalue weighted by Crippen LogP contribution is 2.27. The van der Waals surface area contributed by atoms with Crippen LogP contribution in [0.15, 0.2) is 28.8 Å². The van der Waals surface area contributed by atoms with Gasteiger partial charge in [-0.05, 0) is 26.3 Å². The maximum absolute atomic E-state index is 12.4. The minimum Gasteiger partial charge on any atom is -0.375 e. The van der Waals surface area contributed by atoms with Crippen LogP contribution in [0.5, 0.6) is 0 Å². The maximum atomic E-state index is 12.4. The topological polar surface area (TPSA) is 80.5 Å². The Kier molecular flexibility index (Phi) is 5.45. The van der Waals surface area contributed by atoms with Crippen LogP contribution in [0.2, 0.25) is 0 Å². The third-order valence-corrected chi connectivity index (χ3v) is 4.31. The second-order valence-electron chi connectivity index (χ2n) is 6.44. The SMILES string of the molecule is Cc1cccc(CNC(=O)CN2CCO[C@H](C)[C@H]2c2nc(C)no2)c1. The molecular weight excluding hydrogens is 320 g/mol. The zero-order valence-electron chi connectivity index (χ0n) is 14.9. The lowest BCUT2D eigenvalue weighted by Gasteiger charge is -2.37. The average Bonchev–Trinajstić information content (AvgIpc) is 2.99. The lowest BCUT2D eigenvalue weighted by molar-refractivity contribution is -0.128. The van der Waals surface area contributed by atoms with E-state index < -0.39 is 0 Å². The predicted octanol–water partition coefficient (Wildman–Crippen LogP) is 1.76. The standard InChI is InChI=1S/C18H24N4O3/c1-12-5-4-6-15(9-12)10-19-16(23)11-22-7-8-24-13(2)17(22)18-20-14(3)21-25-18/h4-6,9,13,17H,7-8,10-11H2,1-3H3,(H,19,23)/t13-,17+/m1/s1. The summed E-state index contributed by atoms with van der Waals surface area (Å²) in [7, 11) is 0. The lowest BCUT2D eigenvalue weighted by atomic mass is 10.1. The maximum Gasteiger partial charge on any atom is 0.246 e. The van der Waals surface area contributed by atoms with Crippen molar-refractivity contribution in [2.45, 2.75) is 39.5 Å². The number of ether oxygens (including phenoxy) is 1. The van der Waals surface area contributed by atoms with Gasteiger partial charge in [0, 0.05) is 13.1 Å². The monoisotopic (exact) mass is 344 g/mol. The van der Waals surface area contributed by atoms with Crippen LogP contribution >= 0.6 is 0 Å². The number of rotatable bonds is 5. The van der Waals surface area contributed by atoms with Gasteiger partial charge in [-0.3, -0.25) is 9.69 Å². The molecule has 1 fully saturated rings. The molecule has 1 aromatic heterocycles. The Morgan fingerprint density at radius 3 is 2.96 bits per heavy atom. The number of carbonyl (C=O) groups excluding carboxylic acids is 1. The first-order valence-corrected chi connectivity index (χ1v) is 8.51. The van der Waals surface area contributed by atoms with Crippen LogP contribution in [-0.4, -0.2) is 46.7 Å². The van der Waals surface area contributed by atoms with Crippen LogP contribution in [0.1, 0.15) is 35.8 Å². The molecule has 7 heteroatoms. The zero-order valence-corrected chi connectivity index (χ0v) is 14.9. The second-order valence-corrected chi connectivity index (χ2v) is 6.44.